The first-order chi connectivity index (χ1) is 10.0. The van der Waals surface area contributed by atoms with Crippen LogP contribution in [-0.2, 0) is 10.0 Å². The van der Waals surface area contributed by atoms with Crippen molar-refractivity contribution in [3.8, 4) is 11.8 Å². The molecular formula is C14H12FN3O2S. The van der Waals surface area contributed by atoms with E-state index in [2.05, 4.69) is 21.5 Å². The summed E-state index contributed by atoms with van der Waals surface area (Å²) in [5.41, 5.74) is 5.98. The number of hydrogen-bond donors (Lipinski definition) is 2. The van der Waals surface area contributed by atoms with E-state index in [4.69, 9.17) is 5.73 Å². The number of nitrogens with two attached hydrogens (primary N) is 1. The second-order valence-corrected chi connectivity index (χ2v) is 5.55. The van der Waals surface area contributed by atoms with E-state index in [0.717, 1.165) is 6.07 Å². The Morgan fingerprint density at radius 2 is 2.00 bits per heavy atom. The lowest BCUT2D eigenvalue weighted by atomic mass is 10.2. The Balaban J connectivity index is 2.40. The number of hydrogen-bond acceptors (Lipinski definition) is 4. The summed E-state index contributed by atoms with van der Waals surface area (Å²) in [5, 5.41) is -0.661. The monoisotopic (exact) mass is 305 g/mol. The average molecular weight is 305 g/mol. The lowest BCUT2D eigenvalue weighted by Gasteiger charge is -2.09. The number of aromatic nitrogens is 1. The van der Waals surface area contributed by atoms with E-state index in [1.54, 1.807) is 18.2 Å². The SMILES string of the molecule is NCC#Cc1ccccc1NS(=O)(=O)c1ncccc1F. The van der Waals surface area contributed by atoms with Crippen molar-refractivity contribution < 1.29 is 12.8 Å². The highest BCUT2D eigenvalue weighted by Crippen LogP contribution is 2.19. The van der Waals surface area contributed by atoms with Crippen LogP contribution in [0.4, 0.5) is 10.1 Å². The molecule has 0 aliphatic heterocycles. The number of nitrogens with one attached hydrogen (secondary N) is 1. The first-order valence-electron chi connectivity index (χ1n) is 5.96. The van der Waals surface area contributed by atoms with Crippen molar-refractivity contribution >= 4 is 15.7 Å². The molecule has 5 nitrogen and oxygen atoms in total. The molecule has 1 aromatic carbocycles. The number of halogens is 1. The maximum absolute atomic E-state index is 13.6. The molecule has 0 radical (unpaired) electrons. The molecule has 108 valence electrons. The number of benzene rings is 1. The van der Waals surface area contributed by atoms with Gasteiger partial charge in [-0.15, -0.1) is 0 Å². The quantitative estimate of drug-likeness (QED) is 0.838. The molecule has 0 atom stereocenters. The highest BCUT2D eigenvalue weighted by molar-refractivity contribution is 7.92. The Hall–Kier alpha value is -2.43. The fourth-order valence-corrected chi connectivity index (χ4v) is 2.68. The molecule has 0 aliphatic carbocycles. The second-order valence-electron chi connectivity index (χ2n) is 3.95. The third-order valence-electron chi connectivity index (χ3n) is 2.48. The molecule has 2 rings (SSSR count). The second kappa shape index (κ2) is 6.35. The van der Waals surface area contributed by atoms with Crippen LogP contribution in [0.25, 0.3) is 0 Å². The Labute approximate surface area is 122 Å². The van der Waals surface area contributed by atoms with Gasteiger partial charge in [0.05, 0.1) is 12.2 Å². The molecule has 0 spiro atoms. The fourth-order valence-electron chi connectivity index (χ4n) is 1.59. The number of pyridine rings is 1. The van der Waals surface area contributed by atoms with Gasteiger partial charge in [-0.05, 0) is 24.3 Å². The van der Waals surface area contributed by atoms with Crippen molar-refractivity contribution in [2.75, 3.05) is 11.3 Å². The van der Waals surface area contributed by atoms with E-state index in [-0.39, 0.29) is 12.2 Å². The molecule has 0 fully saturated rings. The lowest BCUT2D eigenvalue weighted by Crippen LogP contribution is -2.16. The normalized spacial score (nSPS) is 10.6. The molecule has 0 bridgehead atoms. The van der Waals surface area contributed by atoms with Gasteiger partial charge in [0, 0.05) is 11.8 Å². The predicted octanol–water partition coefficient (Wildman–Crippen LogP) is 1.33. The number of anilines is 1. The van der Waals surface area contributed by atoms with Crippen molar-refractivity contribution in [3.05, 3.63) is 54.0 Å². The Kier molecular flexibility index (Phi) is 4.52. The number of sulfonamides is 1. The molecular weight excluding hydrogens is 293 g/mol. The van der Waals surface area contributed by atoms with Crippen LogP contribution in [-0.4, -0.2) is 19.9 Å². The van der Waals surface area contributed by atoms with Crippen LogP contribution in [0.15, 0.2) is 47.6 Å². The summed E-state index contributed by atoms with van der Waals surface area (Å²) in [6, 6.07) is 8.85. The molecule has 21 heavy (non-hydrogen) atoms. The topological polar surface area (TPSA) is 85.1 Å². The first kappa shape index (κ1) is 15.0. The van der Waals surface area contributed by atoms with Gasteiger partial charge in [-0.2, -0.15) is 8.42 Å². The van der Waals surface area contributed by atoms with Crippen molar-refractivity contribution in [1.29, 1.82) is 0 Å². The van der Waals surface area contributed by atoms with E-state index in [1.165, 1.54) is 18.3 Å². The van der Waals surface area contributed by atoms with E-state index in [0.29, 0.717) is 5.56 Å². The minimum Gasteiger partial charge on any atom is -0.320 e. The average Bonchev–Trinajstić information content (AvgIpc) is 2.46. The highest BCUT2D eigenvalue weighted by Gasteiger charge is 2.21. The standard InChI is InChI=1S/C14H12FN3O2S/c15-12-7-4-10-17-14(12)21(19,20)18-13-8-2-1-5-11(13)6-3-9-16/h1-2,4-5,7-8,10,18H,9,16H2. The van der Waals surface area contributed by atoms with Gasteiger partial charge in [0.25, 0.3) is 10.0 Å². The third kappa shape index (κ3) is 3.56. The molecule has 0 aliphatic rings. The summed E-state index contributed by atoms with van der Waals surface area (Å²) in [4.78, 5) is 3.56. The molecule has 0 amide bonds. The van der Waals surface area contributed by atoms with Gasteiger partial charge in [-0.25, -0.2) is 9.37 Å². The molecule has 1 heterocycles. The summed E-state index contributed by atoms with van der Waals surface area (Å²) in [5.74, 6) is 4.46. The maximum atomic E-state index is 13.6. The van der Waals surface area contributed by atoms with Gasteiger partial charge in [0.2, 0.25) is 5.03 Å². The van der Waals surface area contributed by atoms with Crippen LogP contribution in [0.5, 0.6) is 0 Å². The first-order valence-corrected chi connectivity index (χ1v) is 7.44. The van der Waals surface area contributed by atoms with Crippen LogP contribution in [0.3, 0.4) is 0 Å². The summed E-state index contributed by atoms with van der Waals surface area (Å²) < 4.78 is 40.2. The molecule has 0 saturated carbocycles. The van der Waals surface area contributed by atoms with Gasteiger partial charge < -0.3 is 5.73 Å². The zero-order valence-corrected chi connectivity index (χ0v) is 11.7. The van der Waals surface area contributed by atoms with E-state index >= 15 is 0 Å². The van der Waals surface area contributed by atoms with Crippen LogP contribution >= 0.6 is 0 Å². The molecule has 2 aromatic rings. The summed E-state index contributed by atoms with van der Waals surface area (Å²) in [6.07, 6.45) is 1.21. The zero-order valence-electron chi connectivity index (χ0n) is 10.9. The van der Waals surface area contributed by atoms with E-state index in [1.807, 2.05) is 0 Å². The van der Waals surface area contributed by atoms with Crippen LogP contribution in [0, 0.1) is 17.7 Å². The van der Waals surface area contributed by atoms with Crippen molar-refractivity contribution in [2.24, 2.45) is 5.73 Å². The Morgan fingerprint density at radius 1 is 1.24 bits per heavy atom. The molecule has 1 aromatic heterocycles. The Morgan fingerprint density at radius 3 is 2.71 bits per heavy atom. The summed E-state index contributed by atoms with van der Waals surface area (Å²) >= 11 is 0. The zero-order chi connectivity index (χ0) is 15.3. The third-order valence-corrected chi connectivity index (χ3v) is 3.77. The summed E-state index contributed by atoms with van der Waals surface area (Å²) in [6.45, 7) is 0.149. The van der Waals surface area contributed by atoms with Crippen molar-refractivity contribution in [2.45, 2.75) is 5.03 Å². The van der Waals surface area contributed by atoms with Crippen LogP contribution < -0.4 is 10.5 Å². The number of rotatable bonds is 3. The molecule has 0 saturated heterocycles. The molecule has 3 N–H and O–H groups in total. The smallest absolute Gasteiger partial charge is 0.282 e. The fraction of sp³-hybridized carbons (Fsp3) is 0.0714. The maximum Gasteiger partial charge on any atom is 0.282 e. The van der Waals surface area contributed by atoms with Gasteiger partial charge >= 0.3 is 0 Å². The number of nitrogens with zero attached hydrogens (tertiary/aromatic N) is 1. The summed E-state index contributed by atoms with van der Waals surface area (Å²) in [7, 11) is -4.13. The minimum absolute atomic E-state index is 0.149. The lowest BCUT2D eigenvalue weighted by molar-refractivity contribution is 0.557. The molecule has 0 unspecified atom stereocenters. The minimum atomic E-state index is -4.13. The predicted molar refractivity (Wildman–Crippen MR) is 77.4 cm³/mol. The van der Waals surface area contributed by atoms with E-state index in [9.17, 15) is 12.8 Å². The van der Waals surface area contributed by atoms with Crippen LogP contribution in [0.1, 0.15) is 5.56 Å². The van der Waals surface area contributed by atoms with Crippen molar-refractivity contribution in [1.82, 2.24) is 4.98 Å². The Bertz CT molecular complexity index is 810. The van der Waals surface area contributed by atoms with Gasteiger partial charge in [-0.1, -0.05) is 24.0 Å². The van der Waals surface area contributed by atoms with Gasteiger partial charge in [0.1, 0.15) is 0 Å². The number of para-hydroxylation sites is 1. The van der Waals surface area contributed by atoms with E-state index < -0.39 is 20.9 Å². The highest BCUT2D eigenvalue weighted by atomic mass is 32.2. The molecule has 7 heteroatoms. The van der Waals surface area contributed by atoms with Crippen molar-refractivity contribution in [3.63, 3.8) is 0 Å². The largest absolute Gasteiger partial charge is 0.320 e. The van der Waals surface area contributed by atoms with Crippen LogP contribution in [0.2, 0.25) is 0 Å². The van der Waals surface area contributed by atoms with Gasteiger partial charge in [-0.3, -0.25) is 4.72 Å². The van der Waals surface area contributed by atoms with Gasteiger partial charge in [0.15, 0.2) is 5.82 Å².